The normalized spacial score (nSPS) is 10.4. The van der Waals surface area contributed by atoms with Crippen LogP contribution in [-0.2, 0) is 0 Å². The van der Waals surface area contributed by atoms with Gasteiger partial charge >= 0.3 is 0 Å². The summed E-state index contributed by atoms with van der Waals surface area (Å²) in [6, 6.07) is 15.9. The van der Waals surface area contributed by atoms with Crippen LogP contribution in [0, 0.1) is 0 Å². The van der Waals surface area contributed by atoms with Gasteiger partial charge in [0.1, 0.15) is 16.5 Å². The van der Waals surface area contributed by atoms with Crippen LogP contribution in [0.25, 0.3) is 21.8 Å². The first kappa shape index (κ1) is 13.6. The van der Waals surface area contributed by atoms with E-state index in [9.17, 15) is 0 Å². The molecule has 0 saturated carbocycles. The van der Waals surface area contributed by atoms with Crippen LogP contribution in [0.3, 0.4) is 0 Å². The van der Waals surface area contributed by atoms with Crippen molar-refractivity contribution in [1.29, 1.82) is 0 Å². The molecular weight excluding hydrogens is 282 g/mol. The molecule has 0 fully saturated rings. The molecule has 0 atom stereocenters. The molecule has 1 heterocycles. The van der Waals surface area contributed by atoms with Gasteiger partial charge in [0.25, 0.3) is 0 Å². The quantitative estimate of drug-likeness (QED) is 0.711. The van der Waals surface area contributed by atoms with E-state index in [0.29, 0.717) is 0 Å². The number of ether oxygens (including phenoxy) is 2. The molecule has 3 aromatic rings. The Kier molecular flexibility index (Phi) is 3.88. The second-order valence-electron chi connectivity index (χ2n) is 4.50. The van der Waals surface area contributed by atoms with Crippen LogP contribution in [0.15, 0.2) is 53.9 Å². The van der Waals surface area contributed by atoms with Crippen LogP contribution in [0.1, 0.15) is 0 Å². The molecular formula is C17H15NO2S. The van der Waals surface area contributed by atoms with Crippen LogP contribution in [0.5, 0.6) is 11.5 Å². The summed E-state index contributed by atoms with van der Waals surface area (Å²) in [5, 5.41) is 3.05. The number of thiazole rings is 1. The molecule has 3 nitrogen and oxygen atoms in total. The van der Waals surface area contributed by atoms with E-state index < -0.39 is 0 Å². The minimum absolute atomic E-state index is 0.841. The molecule has 106 valence electrons. The van der Waals surface area contributed by atoms with E-state index in [1.165, 1.54) is 0 Å². The van der Waals surface area contributed by atoms with Crippen LogP contribution < -0.4 is 9.47 Å². The van der Waals surface area contributed by atoms with Gasteiger partial charge < -0.3 is 9.47 Å². The second kappa shape index (κ2) is 5.97. The summed E-state index contributed by atoms with van der Waals surface area (Å²) in [4.78, 5) is 4.70. The molecule has 1 aromatic heterocycles. The molecule has 0 amide bonds. The Bertz CT molecular complexity index is 735. The Hall–Kier alpha value is -2.33. The van der Waals surface area contributed by atoms with E-state index in [4.69, 9.17) is 14.5 Å². The largest absolute Gasteiger partial charge is 0.497 e. The van der Waals surface area contributed by atoms with Gasteiger partial charge in [-0.2, -0.15) is 0 Å². The molecule has 0 saturated heterocycles. The number of rotatable bonds is 4. The Morgan fingerprint density at radius 1 is 0.857 bits per heavy atom. The highest BCUT2D eigenvalue weighted by Gasteiger charge is 2.07. The van der Waals surface area contributed by atoms with Gasteiger partial charge in [-0.3, -0.25) is 0 Å². The third-order valence-corrected chi connectivity index (χ3v) is 4.10. The maximum Gasteiger partial charge on any atom is 0.124 e. The lowest BCUT2D eigenvalue weighted by Gasteiger charge is -2.02. The molecule has 4 heteroatoms. The third kappa shape index (κ3) is 2.90. The zero-order valence-corrected chi connectivity index (χ0v) is 12.7. The lowest BCUT2D eigenvalue weighted by atomic mass is 10.1. The lowest BCUT2D eigenvalue weighted by molar-refractivity contribution is 0.415. The van der Waals surface area contributed by atoms with Crippen molar-refractivity contribution in [1.82, 2.24) is 4.98 Å². The van der Waals surface area contributed by atoms with E-state index in [1.54, 1.807) is 25.6 Å². The predicted molar refractivity (Wildman–Crippen MR) is 86.1 cm³/mol. The van der Waals surface area contributed by atoms with Crippen LogP contribution in [-0.4, -0.2) is 19.2 Å². The first-order chi connectivity index (χ1) is 10.3. The highest BCUT2D eigenvalue weighted by atomic mass is 32.1. The fourth-order valence-corrected chi connectivity index (χ4v) is 2.88. The molecule has 0 aliphatic rings. The number of benzene rings is 2. The van der Waals surface area contributed by atoms with Crippen molar-refractivity contribution >= 4 is 11.3 Å². The van der Waals surface area contributed by atoms with Crippen molar-refractivity contribution < 1.29 is 9.47 Å². The summed E-state index contributed by atoms with van der Waals surface area (Å²) in [5.41, 5.74) is 3.13. The van der Waals surface area contributed by atoms with Crippen molar-refractivity contribution in [3.05, 3.63) is 53.9 Å². The summed E-state index contributed by atoms with van der Waals surface area (Å²) >= 11 is 1.63. The van der Waals surface area contributed by atoms with E-state index >= 15 is 0 Å². The molecule has 3 rings (SSSR count). The molecule has 0 N–H and O–H groups in total. The lowest BCUT2D eigenvalue weighted by Crippen LogP contribution is -1.84. The van der Waals surface area contributed by atoms with Crippen LogP contribution in [0.4, 0.5) is 0 Å². The molecule has 0 aliphatic heterocycles. The number of hydrogen-bond donors (Lipinski definition) is 0. The smallest absolute Gasteiger partial charge is 0.124 e. The molecule has 21 heavy (non-hydrogen) atoms. The highest BCUT2D eigenvalue weighted by molar-refractivity contribution is 7.13. The van der Waals surface area contributed by atoms with Crippen molar-refractivity contribution in [2.75, 3.05) is 14.2 Å². The van der Waals surface area contributed by atoms with E-state index in [2.05, 4.69) is 5.38 Å². The Balaban J connectivity index is 1.91. The zero-order valence-electron chi connectivity index (χ0n) is 11.9. The number of nitrogens with zero attached hydrogens (tertiary/aromatic N) is 1. The molecule has 0 unspecified atom stereocenters. The summed E-state index contributed by atoms with van der Waals surface area (Å²) in [7, 11) is 3.34. The minimum atomic E-state index is 0.841. The van der Waals surface area contributed by atoms with E-state index in [0.717, 1.165) is 33.3 Å². The monoisotopic (exact) mass is 297 g/mol. The topological polar surface area (TPSA) is 31.4 Å². The first-order valence-electron chi connectivity index (χ1n) is 6.54. The highest BCUT2D eigenvalue weighted by Crippen LogP contribution is 2.31. The Labute approximate surface area is 127 Å². The van der Waals surface area contributed by atoms with Gasteiger partial charge in [0.15, 0.2) is 0 Å². The van der Waals surface area contributed by atoms with Gasteiger partial charge in [-0.05, 0) is 36.4 Å². The standard InChI is InChI=1S/C17H15NO2S/c1-19-14-8-6-12(7-9-14)16-11-21-17(18-16)13-4-3-5-15(10-13)20-2/h3-11H,1-2H3. The van der Waals surface area contributed by atoms with Gasteiger partial charge in [0.2, 0.25) is 0 Å². The molecule has 0 spiro atoms. The number of aromatic nitrogens is 1. The SMILES string of the molecule is COc1ccc(-c2csc(-c3cccc(OC)c3)n2)cc1. The molecule has 2 aromatic carbocycles. The third-order valence-electron chi connectivity index (χ3n) is 3.21. The zero-order chi connectivity index (χ0) is 14.7. The summed E-state index contributed by atoms with van der Waals surface area (Å²) in [6.45, 7) is 0. The van der Waals surface area contributed by atoms with Gasteiger partial charge in [0.05, 0.1) is 19.9 Å². The molecule has 0 radical (unpaired) electrons. The van der Waals surface area contributed by atoms with E-state index in [-0.39, 0.29) is 0 Å². The minimum Gasteiger partial charge on any atom is -0.497 e. The molecule has 0 aliphatic carbocycles. The summed E-state index contributed by atoms with van der Waals surface area (Å²) < 4.78 is 10.4. The fourth-order valence-electron chi connectivity index (χ4n) is 2.06. The van der Waals surface area contributed by atoms with Gasteiger partial charge in [0, 0.05) is 16.5 Å². The summed E-state index contributed by atoms with van der Waals surface area (Å²) in [6.07, 6.45) is 0. The average Bonchev–Trinajstić information content (AvgIpc) is 3.05. The van der Waals surface area contributed by atoms with Crippen molar-refractivity contribution in [3.8, 4) is 33.3 Å². The van der Waals surface area contributed by atoms with Crippen LogP contribution in [0.2, 0.25) is 0 Å². The Morgan fingerprint density at radius 3 is 2.33 bits per heavy atom. The maximum absolute atomic E-state index is 5.26. The number of hydrogen-bond acceptors (Lipinski definition) is 4. The van der Waals surface area contributed by atoms with Crippen molar-refractivity contribution in [2.45, 2.75) is 0 Å². The van der Waals surface area contributed by atoms with Gasteiger partial charge in [-0.1, -0.05) is 12.1 Å². The van der Waals surface area contributed by atoms with Crippen LogP contribution >= 0.6 is 11.3 Å². The average molecular weight is 297 g/mol. The Morgan fingerprint density at radius 2 is 1.62 bits per heavy atom. The predicted octanol–water partition coefficient (Wildman–Crippen LogP) is 4.49. The fraction of sp³-hybridized carbons (Fsp3) is 0.118. The molecule has 0 bridgehead atoms. The van der Waals surface area contributed by atoms with Gasteiger partial charge in [-0.25, -0.2) is 4.98 Å². The first-order valence-corrected chi connectivity index (χ1v) is 7.42. The number of methoxy groups -OCH3 is 2. The van der Waals surface area contributed by atoms with Gasteiger partial charge in [-0.15, -0.1) is 11.3 Å². The summed E-state index contributed by atoms with van der Waals surface area (Å²) in [5.74, 6) is 1.69. The van der Waals surface area contributed by atoms with E-state index in [1.807, 2.05) is 48.5 Å². The van der Waals surface area contributed by atoms with Crippen molar-refractivity contribution in [2.24, 2.45) is 0 Å². The van der Waals surface area contributed by atoms with Crippen molar-refractivity contribution in [3.63, 3.8) is 0 Å². The second-order valence-corrected chi connectivity index (χ2v) is 5.36. The maximum atomic E-state index is 5.26.